The second-order valence-corrected chi connectivity index (χ2v) is 4.88. The highest BCUT2D eigenvalue weighted by atomic mass is 16.5. The van der Waals surface area contributed by atoms with Crippen LogP contribution in [0.1, 0.15) is 12.8 Å². The monoisotopic (exact) mass is 308 g/mol. The summed E-state index contributed by atoms with van der Waals surface area (Å²) in [4.78, 5) is 25.6. The zero-order chi connectivity index (χ0) is 16.1. The summed E-state index contributed by atoms with van der Waals surface area (Å²) >= 11 is 0. The van der Waals surface area contributed by atoms with E-state index in [9.17, 15) is 9.59 Å². The van der Waals surface area contributed by atoms with Gasteiger partial charge in [-0.25, -0.2) is 4.79 Å². The predicted molar refractivity (Wildman–Crippen MR) is 80.3 cm³/mol. The summed E-state index contributed by atoms with van der Waals surface area (Å²) < 4.78 is 15.1. The average molecular weight is 308 g/mol. The van der Waals surface area contributed by atoms with Crippen molar-refractivity contribution < 1.29 is 23.8 Å². The molecule has 7 heteroatoms. The second-order valence-electron chi connectivity index (χ2n) is 4.88. The third kappa shape index (κ3) is 3.24. The highest BCUT2D eigenvalue weighted by Crippen LogP contribution is 2.30. The Bertz CT molecular complexity index is 561. The number of nitrogens with zero attached hydrogens (tertiary/aromatic N) is 1. The Hall–Kier alpha value is -2.44. The smallest absolute Gasteiger partial charge is 0.410 e. The van der Waals surface area contributed by atoms with Crippen LogP contribution < -0.4 is 14.8 Å². The molecule has 0 bridgehead atoms. The number of amides is 2. The second kappa shape index (κ2) is 7.02. The van der Waals surface area contributed by atoms with E-state index in [4.69, 9.17) is 14.2 Å². The average Bonchev–Trinajstić information content (AvgIpc) is 3.03. The lowest BCUT2D eigenvalue weighted by Gasteiger charge is -2.22. The normalized spacial score (nSPS) is 17.0. The minimum atomic E-state index is -0.539. The van der Waals surface area contributed by atoms with Crippen LogP contribution >= 0.6 is 0 Å². The molecule has 1 heterocycles. The number of rotatable bonds is 4. The van der Waals surface area contributed by atoms with Crippen molar-refractivity contribution in [3.05, 3.63) is 18.2 Å². The molecule has 1 fully saturated rings. The van der Waals surface area contributed by atoms with Gasteiger partial charge in [-0.2, -0.15) is 0 Å². The van der Waals surface area contributed by atoms with E-state index in [0.717, 1.165) is 6.42 Å². The van der Waals surface area contributed by atoms with Crippen molar-refractivity contribution >= 4 is 17.7 Å². The Kier molecular flexibility index (Phi) is 5.08. The van der Waals surface area contributed by atoms with E-state index in [1.807, 2.05) is 0 Å². The fourth-order valence-electron chi connectivity index (χ4n) is 2.50. The number of hydrogen-bond acceptors (Lipinski definition) is 5. The molecule has 7 nitrogen and oxygen atoms in total. The maximum absolute atomic E-state index is 12.5. The molecule has 0 radical (unpaired) electrons. The lowest BCUT2D eigenvalue weighted by Crippen LogP contribution is -2.43. The molecule has 1 aromatic carbocycles. The van der Waals surface area contributed by atoms with E-state index < -0.39 is 12.1 Å². The van der Waals surface area contributed by atoms with Crippen LogP contribution in [-0.2, 0) is 9.53 Å². The number of likely N-dealkylation sites (tertiary alicyclic amines) is 1. The molecule has 0 aliphatic carbocycles. The van der Waals surface area contributed by atoms with Gasteiger partial charge in [0.05, 0.1) is 27.0 Å². The fourth-order valence-corrected chi connectivity index (χ4v) is 2.50. The van der Waals surface area contributed by atoms with Gasteiger partial charge in [0, 0.05) is 12.6 Å². The molecule has 1 N–H and O–H groups in total. The summed E-state index contributed by atoms with van der Waals surface area (Å²) in [7, 11) is 4.37. The third-order valence-electron chi connectivity index (χ3n) is 3.63. The van der Waals surface area contributed by atoms with Gasteiger partial charge in [0.15, 0.2) is 0 Å². The minimum Gasteiger partial charge on any atom is -0.497 e. The van der Waals surface area contributed by atoms with Crippen molar-refractivity contribution in [2.45, 2.75) is 18.9 Å². The number of carbonyl (C=O) groups excluding carboxylic acids is 2. The molecule has 1 saturated heterocycles. The first kappa shape index (κ1) is 15.9. The van der Waals surface area contributed by atoms with E-state index in [0.29, 0.717) is 30.2 Å². The standard InChI is InChI=1S/C15H20N2O5/c1-20-10-6-7-13(21-2)11(9-10)16-14(18)12-5-4-8-17(12)15(19)22-3/h6-7,9,12H,4-5,8H2,1-3H3,(H,16,18). The molecular formula is C15H20N2O5. The minimum absolute atomic E-state index is 0.269. The summed E-state index contributed by atoms with van der Waals surface area (Å²) in [5.41, 5.74) is 0.503. The molecular weight excluding hydrogens is 288 g/mol. The molecule has 1 atom stereocenters. The van der Waals surface area contributed by atoms with Crippen molar-refractivity contribution in [3.63, 3.8) is 0 Å². The largest absolute Gasteiger partial charge is 0.497 e. The summed E-state index contributed by atoms with van der Waals surface area (Å²) in [6.07, 6.45) is 0.880. The fraction of sp³-hybridized carbons (Fsp3) is 0.467. The maximum Gasteiger partial charge on any atom is 0.410 e. The Labute approximate surface area is 129 Å². The van der Waals surface area contributed by atoms with Gasteiger partial charge in [-0.3, -0.25) is 9.69 Å². The van der Waals surface area contributed by atoms with Crippen LogP contribution in [0.4, 0.5) is 10.5 Å². The number of hydrogen-bond donors (Lipinski definition) is 1. The summed E-state index contributed by atoms with van der Waals surface area (Å²) in [5, 5.41) is 2.79. The van der Waals surface area contributed by atoms with Crippen LogP contribution in [0.15, 0.2) is 18.2 Å². The van der Waals surface area contributed by atoms with E-state index in [2.05, 4.69) is 5.32 Å². The predicted octanol–water partition coefficient (Wildman–Crippen LogP) is 1.87. The van der Waals surface area contributed by atoms with E-state index >= 15 is 0 Å². The lowest BCUT2D eigenvalue weighted by atomic mass is 10.2. The topological polar surface area (TPSA) is 77.1 Å². The summed E-state index contributed by atoms with van der Waals surface area (Å²) in [6, 6.07) is 4.59. The summed E-state index contributed by atoms with van der Waals surface area (Å²) in [6.45, 7) is 0.514. The van der Waals surface area contributed by atoms with Crippen LogP contribution in [0.25, 0.3) is 0 Å². The van der Waals surface area contributed by atoms with Gasteiger partial charge in [0.25, 0.3) is 0 Å². The number of ether oxygens (including phenoxy) is 3. The van der Waals surface area contributed by atoms with E-state index in [-0.39, 0.29) is 5.91 Å². The molecule has 2 rings (SSSR count). The van der Waals surface area contributed by atoms with Crippen molar-refractivity contribution in [1.82, 2.24) is 4.90 Å². The van der Waals surface area contributed by atoms with E-state index in [1.165, 1.54) is 19.1 Å². The first-order chi connectivity index (χ1) is 10.6. The molecule has 0 aromatic heterocycles. The van der Waals surface area contributed by atoms with Crippen LogP contribution in [0, 0.1) is 0 Å². The van der Waals surface area contributed by atoms with Crippen molar-refractivity contribution in [3.8, 4) is 11.5 Å². The molecule has 0 spiro atoms. The quantitative estimate of drug-likeness (QED) is 0.919. The lowest BCUT2D eigenvalue weighted by molar-refractivity contribution is -0.120. The first-order valence-electron chi connectivity index (χ1n) is 6.98. The van der Waals surface area contributed by atoms with Crippen molar-refractivity contribution in [2.75, 3.05) is 33.2 Å². The van der Waals surface area contributed by atoms with E-state index in [1.54, 1.807) is 25.3 Å². The maximum atomic E-state index is 12.5. The van der Waals surface area contributed by atoms with Crippen LogP contribution in [0.5, 0.6) is 11.5 Å². The van der Waals surface area contributed by atoms with Crippen LogP contribution in [0.2, 0.25) is 0 Å². The number of methoxy groups -OCH3 is 3. The number of benzene rings is 1. The molecule has 1 aromatic rings. The Balaban J connectivity index is 2.16. The molecule has 1 unspecified atom stereocenters. The SMILES string of the molecule is COC(=O)N1CCCC1C(=O)Nc1cc(OC)ccc1OC. The highest BCUT2D eigenvalue weighted by Gasteiger charge is 2.35. The highest BCUT2D eigenvalue weighted by molar-refractivity contribution is 5.98. The zero-order valence-electron chi connectivity index (χ0n) is 12.9. The van der Waals surface area contributed by atoms with Gasteiger partial charge >= 0.3 is 6.09 Å². The Morgan fingerprint density at radius 2 is 2.00 bits per heavy atom. The van der Waals surface area contributed by atoms with Gasteiger partial charge < -0.3 is 19.5 Å². The number of nitrogens with one attached hydrogen (secondary N) is 1. The molecule has 2 amide bonds. The number of carbonyl (C=O) groups is 2. The summed E-state index contributed by atoms with van der Waals surface area (Å²) in [5.74, 6) is 0.860. The van der Waals surface area contributed by atoms with Crippen molar-refractivity contribution in [1.29, 1.82) is 0 Å². The molecule has 1 aliphatic heterocycles. The third-order valence-corrected chi connectivity index (χ3v) is 3.63. The molecule has 22 heavy (non-hydrogen) atoms. The number of anilines is 1. The molecule has 120 valence electrons. The van der Waals surface area contributed by atoms with Gasteiger partial charge in [-0.1, -0.05) is 0 Å². The molecule has 1 aliphatic rings. The van der Waals surface area contributed by atoms with Crippen molar-refractivity contribution in [2.24, 2.45) is 0 Å². The Morgan fingerprint density at radius 1 is 1.23 bits per heavy atom. The van der Waals surface area contributed by atoms with Gasteiger partial charge in [-0.15, -0.1) is 0 Å². The van der Waals surface area contributed by atoms with Crippen LogP contribution in [-0.4, -0.2) is 50.8 Å². The van der Waals surface area contributed by atoms with Gasteiger partial charge in [-0.05, 0) is 25.0 Å². The van der Waals surface area contributed by atoms with Crippen LogP contribution in [0.3, 0.4) is 0 Å². The Morgan fingerprint density at radius 3 is 2.64 bits per heavy atom. The first-order valence-corrected chi connectivity index (χ1v) is 6.98. The molecule has 0 saturated carbocycles. The van der Waals surface area contributed by atoms with Gasteiger partial charge in [0.1, 0.15) is 17.5 Å². The zero-order valence-corrected chi connectivity index (χ0v) is 12.9. The van der Waals surface area contributed by atoms with Gasteiger partial charge in [0.2, 0.25) is 5.91 Å².